The molecule has 3 nitrogen and oxygen atoms in total. The topological polar surface area (TPSA) is 32.3 Å². The van der Waals surface area contributed by atoms with Crippen LogP contribution < -0.4 is 5.32 Å². The maximum Gasteiger partial charge on any atom is 0.216 e. The van der Waals surface area contributed by atoms with Crippen LogP contribution in [-0.2, 0) is 4.79 Å². The summed E-state index contributed by atoms with van der Waals surface area (Å²) in [4.78, 5) is 13.4. The molecular formula is C13H26N2O. The number of likely N-dealkylation sites (tertiary alicyclic amines) is 1. The number of piperidine rings is 1. The summed E-state index contributed by atoms with van der Waals surface area (Å²) in [5, 5.41) is 2.92. The maximum atomic E-state index is 10.8. The highest BCUT2D eigenvalue weighted by atomic mass is 16.1. The molecule has 1 fully saturated rings. The van der Waals surface area contributed by atoms with Gasteiger partial charge in [0.25, 0.3) is 0 Å². The standard InChI is InChI=1S/C13H26N2O/c1-10(2)11(3)15-7-5-13(6-8-15)9-14-12(4)16/h10-11,13H,5-9H2,1-4H3,(H,14,16). The fourth-order valence-electron chi connectivity index (χ4n) is 2.27. The van der Waals surface area contributed by atoms with E-state index in [-0.39, 0.29) is 5.91 Å². The second-order valence-electron chi connectivity index (χ2n) is 5.40. The maximum absolute atomic E-state index is 10.8. The van der Waals surface area contributed by atoms with Gasteiger partial charge in [-0.15, -0.1) is 0 Å². The molecule has 1 saturated heterocycles. The zero-order valence-electron chi connectivity index (χ0n) is 11.1. The summed E-state index contributed by atoms with van der Waals surface area (Å²) in [5.74, 6) is 1.50. The van der Waals surface area contributed by atoms with E-state index in [9.17, 15) is 4.79 Å². The molecule has 0 aromatic heterocycles. The van der Waals surface area contributed by atoms with Crippen LogP contribution in [0.5, 0.6) is 0 Å². The lowest BCUT2D eigenvalue weighted by Crippen LogP contribution is -2.44. The molecule has 1 amide bonds. The molecule has 0 aromatic rings. The van der Waals surface area contributed by atoms with Crippen molar-refractivity contribution in [1.82, 2.24) is 10.2 Å². The van der Waals surface area contributed by atoms with E-state index in [2.05, 4.69) is 31.0 Å². The normalized spacial score (nSPS) is 21.1. The molecule has 16 heavy (non-hydrogen) atoms. The molecule has 1 N–H and O–H groups in total. The molecule has 0 aliphatic carbocycles. The van der Waals surface area contributed by atoms with E-state index in [1.165, 1.54) is 25.9 Å². The van der Waals surface area contributed by atoms with Crippen LogP contribution >= 0.6 is 0 Å². The molecule has 1 aliphatic heterocycles. The average molecular weight is 226 g/mol. The van der Waals surface area contributed by atoms with Crippen molar-refractivity contribution in [1.29, 1.82) is 0 Å². The van der Waals surface area contributed by atoms with Gasteiger partial charge in [0.15, 0.2) is 0 Å². The van der Waals surface area contributed by atoms with Crippen LogP contribution in [0.3, 0.4) is 0 Å². The summed E-state index contributed by atoms with van der Waals surface area (Å²) in [6.45, 7) is 11.7. The molecule has 0 radical (unpaired) electrons. The van der Waals surface area contributed by atoms with Gasteiger partial charge in [0.1, 0.15) is 0 Å². The lowest BCUT2D eigenvalue weighted by Gasteiger charge is -2.37. The second kappa shape index (κ2) is 6.24. The van der Waals surface area contributed by atoms with Crippen LogP contribution in [0.2, 0.25) is 0 Å². The highest BCUT2D eigenvalue weighted by molar-refractivity contribution is 5.72. The lowest BCUT2D eigenvalue weighted by molar-refractivity contribution is -0.119. The Hall–Kier alpha value is -0.570. The number of nitrogens with zero attached hydrogens (tertiary/aromatic N) is 1. The molecule has 1 unspecified atom stereocenters. The Balaban J connectivity index is 2.25. The summed E-state index contributed by atoms with van der Waals surface area (Å²) in [6.07, 6.45) is 2.44. The minimum atomic E-state index is 0.0954. The monoisotopic (exact) mass is 226 g/mol. The minimum Gasteiger partial charge on any atom is -0.356 e. The first-order valence-electron chi connectivity index (χ1n) is 6.49. The number of carbonyl (C=O) groups excluding carboxylic acids is 1. The van der Waals surface area contributed by atoms with E-state index in [1.54, 1.807) is 6.92 Å². The van der Waals surface area contributed by atoms with Crippen molar-refractivity contribution in [2.75, 3.05) is 19.6 Å². The van der Waals surface area contributed by atoms with Crippen molar-refractivity contribution in [3.8, 4) is 0 Å². The Labute approximate surface area is 99.6 Å². The molecular weight excluding hydrogens is 200 g/mol. The van der Waals surface area contributed by atoms with Crippen molar-refractivity contribution in [2.45, 2.75) is 46.6 Å². The number of hydrogen-bond acceptors (Lipinski definition) is 2. The fraction of sp³-hybridized carbons (Fsp3) is 0.923. The Kier molecular flexibility index (Phi) is 5.26. The number of nitrogens with one attached hydrogen (secondary N) is 1. The number of amides is 1. The van der Waals surface area contributed by atoms with E-state index in [4.69, 9.17) is 0 Å². The third-order valence-corrected chi connectivity index (χ3v) is 3.83. The first-order valence-corrected chi connectivity index (χ1v) is 6.49. The fourth-order valence-corrected chi connectivity index (χ4v) is 2.27. The Morgan fingerprint density at radius 3 is 2.31 bits per heavy atom. The molecule has 1 rings (SSSR count). The van der Waals surface area contributed by atoms with Gasteiger partial charge >= 0.3 is 0 Å². The molecule has 0 bridgehead atoms. The lowest BCUT2D eigenvalue weighted by atomic mass is 9.94. The largest absolute Gasteiger partial charge is 0.356 e. The summed E-state index contributed by atoms with van der Waals surface area (Å²) < 4.78 is 0. The third-order valence-electron chi connectivity index (χ3n) is 3.83. The van der Waals surface area contributed by atoms with Crippen LogP contribution in [0.4, 0.5) is 0 Å². The quantitative estimate of drug-likeness (QED) is 0.794. The smallest absolute Gasteiger partial charge is 0.216 e. The van der Waals surface area contributed by atoms with Gasteiger partial charge in [-0.1, -0.05) is 13.8 Å². The van der Waals surface area contributed by atoms with E-state index in [1.807, 2.05) is 0 Å². The second-order valence-corrected chi connectivity index (χ2v) is 5.40. The molecule has 94 valence electrons. The predicted octanol–water partition coefficient (Wildman–Crippen LogP) is 1.88. The summed E-state index contributed by atoms with van der Waals surface area (Å²) >= 11 is 0. The molecule has 0 aromatic carbocycles. The number of hydrogen-bond donors (Lipinski definition) is 1. The molecule has 0 saturated carbocycles. The molecule has 1 aliphatic rings. The van der Waals surface area contributed by atoms with E-state index < -0.39 is 0 Å². The zero-order chi connectivity index (χ0) is 12.1. The Morgan fingerprint density at radius 1 is 1.31 bits per heavy atom. The summed E-state index contributed by atoms with van der Waals surface area (Å²) in [6, 6.07) is 0.682. The van der Waals surface area contributed by atoms with Gasteiger partial charge in [0.05, 0.1) is 0 Å². The summed E-state index contributed by atoms with van der Waals surface area (Å²) in [7, 11) is 0. The van der Waals surface area contributed by atoms with Gasteiger partial charge in [-0.2, -0.15) is 0 Å². The highest BCUT2D eigenvalue weighted by Gasteiger charge is 2.23. The highest BCUT2D eigenvalue weighted by Crippen LogP contribution is 2.20. The van der Waals surface area contributed by atoms with Gasteiger partial charge in [0, 0.05) is 19.5 Å². The van der Waals surface area contributed by atoms with E-state index in [0.717, 1.165) is 12.5 Å². The first kappa shape index (κ1) is 13.5. The molecule has 1 atom stereocenters. The van der Waals surface area contributed by atoms with Crippen LogP contribution in [-0.4, -0.2) is 36.5 Å². The van der Waals surface area contributed by atoms with Gasteiger partial charge in [-0.3, -0.25) is 4.79 Å². The predicted molar refractivity (Wildman–Crippen MR) is 67.3 cm³/mol. The van der Waals surface area contributed by atoms with Crippen molar-refractivity contribution in [3.05, 3.63) is 0 Å². The number of rotatable bonds is 4. The molecule has 0 spiro atoms. The van der Waals surface area contributed by atoms with Gasteiger partial charge in [-0.25, -0.2) is 0 Å². The Morgan fingerprint density at radius 2 is 1.88 bits per heavy atom. The van der Waals surface area contributed by atoms with Crippen molar-refractivity contribution in [2.24, 2.45) is 11.8 Å². The van der Waals surface area contributed by atoms with Crippen LogP contribution in [0, 0.1) is 11.8 Å². The van der Waals surface area contributed by atoms with Gasteiger partial charge in [-0.05, 0) is 44.7 Å². The van der Waals surface area contributed by atoms with Crippen LogP contribution in [0.1, 0.15) is 40.5 Å². The minimum absolute atomic E-state index is 0.0954. The molecule has 3 heteroatoms. The summed E-state index contributed by atoms with van der Waals surface area (Å²) in [5.41, 5.74) is 0. The van der Waals surface area contributed by atoms with E-state index in [0.29, 0.717) is 12.0 Å². The number of carbonyl (C=O) groups is 1. The Bertz CT molecular complexity index is 220. The SMILES string of the molecule is CC(=O)NCC1CCN(C(C)C(C)C)CC1. The van der Waals surface area contributed by atoms with Gasteiger partial charge in [0.2, 0.25) is 5.91 Å². The molecule has 1 heterocycles. The first-order chi connectivity index (χ1) is 7.50. The average Bonchev–Trinajstić information content (AvgIpc) is 2.26. The zero-order valence-corrected chi connectivity index (χ0v) is 11.1. The van der Waals surface area contributed by atoms with Crippen LogP contribution in [0.15, 0.2) is 0 Å². The van der Waals surface area contributed by atoms with Crippen LogP contribution in [0.25, 0.3) is 0 Å². The van der Waals surface area contributed by atoms with Gasteiger partial charge < -0.3 is 10.2 Å². The van der Waals surface area contributed by atoms with Crippen molar-refractivity contribution < 1.29 is 4.79 Å². The third kappa shape index (κ3) is 4.12. The van der Waals surface area contributed by atoms with Crippen molar-refractivity contribution >= 4 is 5.91 Å². The van der Waals surface area contributed by atoms with E-state index >= 15 is 0 Å². The van der Waals surface area contributed by atoms with Crippen molar-refractivity contribution in [3.63, 3.8) is 0 Å².